The van der Waals surface area contributed by atoms with Gasteiger partial charge < -0.3 is 35.2 Å². The minimum absolute atomic E-state index is 0.112. The second kappa shape index (κ2) is 21.6. The van der Waals surface area contributed by atoms with E-state index in [1.54, 1.807) is 29.5 Å². The lowest BCUT2D eigenvalue weighted by Crippen LogP contribution is -2.74. The van der Waals surface area contributed by atoms with Crippen molar-refractivity contribution in [3.05, 3.63) is 106 Å². The third kappa shape index (κ3) is 11.3. The number of halogens is 1. The molecule has 4 aliphatic rings. The average molecular weight is 986 g/mol. The minimum Gasteiger partial charge on any atom is -0.489 e. The summed E-state index contributed by atoms with van der Waals surface area (Å²) in [4.78, 5) is 66.0. The number of nitrogens with zero attached hydrogens (tertiary/aromatic N) is 6. The molecule has 8 rings (SSSR count). The summed E-state index contributed by atoms with van der Waals surface area (Å²) < 4.78 is 26.8. The Bertz CT molecular complexity index is 2650. The van der Waals surface area contributed by atoms with Crippen molar-refractivity contribution in [2.75, 3.05) is 59.0 Å². The molecule has 0 radical (unpaired) electrons. The molecule has 4 aromatic rings. The summed E-state index contributed by atoms with van der Waals surface area (Å²) in [5.41, 5.74) is 6.13. The molecule has 3 aromatic carbocycles. The van der Waals surface area contributed by atoms with Crippen molar-refractivity contribution in [3.63, 3.8) is 0 Å². The predicted octanol–water partition coefficient (Wildman–Crippen LogP) is 5.97. The van der Waals surface area contributed by atoms with Crippen LogP contribution in [0.1, 0.15) is 91.8 Å². The maximum atomic E-state index is 15.0. The number of benzene rings is 3. The van der Waals surface area contributed by atoms with Crippen molar-refractivity contribution in [2.45, 2.75) is 97.2 Å². The quantitative estimate of drug-likeness (QED) is 0.113. The molecule has 4 heterocycles. The second-order valence-corrected chi connectivity index (χ2v) is 21.6. The maximum absolute atomic E-state index is 15.0. The van der Waals surface area contributed by atoms with Crippen molar-refractivity contribution in [3.8, 4) is 28.3 Å². The van der Waals surface area contributed by atoms with Crippen LogP contribution in [0.2, 0.25) is 0 Å². The van der Waals surface area contributed by atoms with E-state index in [-0.39, 0.29) is 74.2 Å². The zero-order valence-electron chi connectivity index (χ0n) is 41.4. The first-order chi connectivity index (χ1) is 34.0. The number of thiazole rings is 1. The van der Waals surface area contributed by atoms with E-state index in [0.29, 0.717) is 30.0 Å². The molecule has 15 nitrogen and oxygen atoms in total. The smallest absolute Gasteiger partial charge is 0.251 e. The number of aromatic nitrogens is 1. The molecule has 71 heavy (non-hydrogen) atoms. The van der Waals surface area contributed by atoms with Crippen molar-refractivity contribution >= 4 is 35.0 Å². The van der Waals surface area contributed by atoms with E-state index in [2.05, 4.69) is 64.5 Å². The Hall–Kier alpha value is -6.24. The van der Waals surface area contributed by atoms with Gasteiger partial charge in [0.25, 0.3) is 5.91 Å². The molecule has 0 bridgehead atoms. The van der Waals surface area contributed by atoms with Crippen LogP contribution in [-0.2, 0) is 25.5 Å². The Morgan fingerprint density at radius 2 is 1.59 bits per heavy atom. The number of nitriles is 2. The molecule has 4 amide bonds. The van der Waals surface area contributed by atoms with Crippen molar-refractivity contribution in [1.82, 2.24) is 35.6 Å². The third-order valence-corrected chi connectivity index (χ3v) is 15.9. The first-order valence-electron chi connectivity index (χ1n) is 24.5. The number of aryl methyl sites for hydroxylation is 2. The molecular formula is C54H64FN9O6S. The first kappa shape index (κ1) is 51.1. The van der Waals surface area contributed by atoms with E-state index in [4.69, 9.17) is 9.47 Å². The highest BCUT2D eigenvalue weighted by molar-refractivity contribution is 7.13. The van der Waals surface area contributed by atoms with E-state index in [1.807, 2.05) is 74.0 Å². The van der Waals surface area contributed by atoms with Gasteiger partial charge in [0.2, 0.25) is 17.7 Å². The highest BCUT2D eigenvalue weighted by atomic mass is 32.1. The summed E-state index contributed by atoms with van der Waals surface area (Å²) in [6, 6.07) is 22.1. The second-order valence-electron chi connectivity index (χ2n) is 20.7. The fourth-order valence-corrected chi connectivity index (χ4v) is 11.8. The van der Waals surface area contributed by atoms with Gasteiger partial charge in [-0.15, -0.1) is 11.3 Å². The molecule has 4 fully saturated rings. The highest BCUT2D eigenvalue weighted by Gasteiger charge is 2.64. The molecular weight excluding hydrogens is 922 g/mol. The average Bonchev–Trinajstić information content (AvgIpc) is 3.96. The van der Waals surface area contributed by atoms with Crippen LogP contribution >= 0.6 is 11.3 Å². The Balaban J connectivity index is 0.759. The zero-order valence-corrected chi connectivity index (χ0v) is 42.2. The third-order valence-electron chi connectivity index (χ3n) is 14.9. The van der Waals surface area contributed by atoms with Gasteiger partial charge in [0, 0.05) is 61.0 Å². The predicted molar refractivity (Wildman–Crippen MR) is 267 cm³/mol. The van der Waals surface area contributed by atoms with Gasteiger partial charge in [0.15, 0.2) is 0 Å². The van der Waals surface area contributed by atoms with E-state index in [9.17, 15) is 29.7 Å². The van der Waals surface area contributed by atoms with Gasteiger partial charge in [-0.1, -0.05) is 64.1 Å². The summed E-state index contributed by atoms with van der Waals surface area (Å²) >= 11 is 1.57. The van der Waals surface area contributed by atoms with Gasteiger partial charge in [-0.2, -0.15) is 10.5 Å². The number of amides is 4. The summed E-state index contributed by atoms with van der Waals surface area (Å²) in [6.45, 7) is 16.4. The highest BCUT2D eigenvalue weighted by Crippen LogP contribution is 2.55. The summed E-state index contributed by atoms with van der Waals surface area (Å²) in [5.74, 6) is -1.10. The number of alkyl halides is 1. The Kier molecular flexibility index (Phi) is 15.6. The monoisotopic (exact) mass is 985 g/mol. The molecule has 4 atom stereocenters. The molecule has 0 unspecified atom stereocenters. The van der Waals surface area contributed by atoms with Crippen LogP contribution in [0.15, 0.2) is 72.2 Å². The van der Waals surface area contributed by atoms with Gasteiger partial charge in [0.1, 0.15) is 42.2 Å². The lowest BCUT2D eigenvalue weighted by Gasteiger charge is -2.63. The van der Waals surface area contributed by atoms with Crippen LogP contribution in [0.3, 0.4) is 0 Å². The number of ether oxygens (including phenoxy) is 2. The Labute approximate surface area is 419 Å². The number of hydrogen-bond donors (Lipinski definition) is 3. The van der Waals surface area contributed by atoms with E-state index >= 15 is 4.39 Å². The van der Waals surface area contributed by atoms with Crippen LogP contribution in [0.4, 0.5) is 4.39 Å². The lowest BCUT2D eigenvalue weighted by atomic mass is 9.49. The number of hydrogen-bond acceptors (Lipinski definition) is 12. The van der Waals surface area contributed by atoms with E-state index in [1.165, 1.54) is 4.90 Å². The number of piperazine rings is 1. The van der Waals surface area contributed by atoms with Crippen molar-refractivity contribution < 1.29 is 33.0 Å². The first-order valence-corrected chi connectivity index (χ1v) is 25.4. The largest absolute Gasteiger partial charge is 0.489 e. The molecule has 17 heteroatoms. The number of rotatable bonds is 17. The molecule has 3 N–H and O–H groups in total. The van der Waals surface area contributed by atoms with E-state index in [0.717, 1.165) is 59.7 Å². The molecule has 0 spiro atoms. The SMILES string of the molecule is Cc1ncsc1-c1ccc([C@H](C)NC(=O)[C@@H]2C[C@@H](F)CN2C(=O)[C@H](NC(=O)CN2CCN(CCCc3ccc(C(=O)NC4C(C)(C)C(Oc5ccc(C#N)c(C#N)c5)C4(C)C)cc3)CC2)C2COC2)cc1. The fraction of sp³-hybridized carbons (Fsp3) is 0.500. The van der Waals surface area contributed by atoms with E-state index < -0.39 is 40.9 Å². The topological polar surface area (TPSA) is 193 Å². The number of carbonyl (C=O) groups excluding carboxylic acids is 4. The normalized spacial score (nSPS) is 22.7. The zero-order chi connectivity index (χ0) is 50.6. The molecule has 1 saturated carbocycles. The summed E-state index contributed by atoms with van der Waals surface area (Å²) in [7, 11) is 0. The van der Waals surface area contributed by atoms with Crippen LogP contribution in [0.5, 0.6) is 5.75 Å². The molecule has 3 aliphatic heterocycles. The lowest BCUT2D eigenvalue weighted by molar-refractivity contribution is -0.164. The van der Waals surface area contributed by atoms with Crippen molar-refractivity contribution in [2.24, 2.45) is 16.7 Å². The number of likely N-dealkylation sites (tertiary alicyclic amines) is 1. The molecule has 1 aromatic heterocycles. The van der Waals surface area contributed by atoms with Gasteiger partial charge in [-0.3, -0.25) is 24.1 Å². The van der Waals surface area contributed by atoms with Crippen LogP contribution < -0.4 is 20.7 Å². The summed E-state index contributed by atoms with van der Waals surface area (Å²) in [5, 5.41) is 28.0. The minimum atomic E-state index is -1.36. The molecule has 374 valence electrons. The van der Waals surface area contributed by atoms with Crippen molar-refractivity contribution in [1.29, 1.82) is 10.5 Å². The van der Waals surface area contributed by atoms with Gasteiger partial charge in [-0.05, 0) is 80.3 Å². The van der Waals surface area contributed by atoms with Gasteiger partial charge in [-0.25, -0.2) is 9.37 Å². The van der Waals surface area contributed by atoms with Crippen LogP contribution in [0, 0.1) is 46.3 Å². The van der Waals surface area contributed by atoms with Crippen LogP contribution in [-0.4, -0.2) is 133 Å². The molecule has 3 saturated heterocycles. The van der Waals surface area contributed by atoms with Crippen LogP contribution in [0.25, 0.3) is 10.4 Å². The van der Waals surface area contributed by atoms with Gasteiger partial charge >= 0.3 is 0 Å². The van der Waals surface area contributed by atoms with Gasteiger partial charge in [0.05, 0.1) is 59.6 Å². The number of nitrogens with one attached hydrogen (secondary N) is 3. The standard InChI is InChI=1S/C54H64FN9O6S/c1-33(36-13-15-37(16-14-36)47-34(2)58-32-71-47)59-49(67)44-25-42(55)28-64(44)50(68)46(41-30-69-31-41)60-45(65)29-63-22-20-62(21-23-63)19-7-8-35-9-11-38(12-10-35)48(66)61-51-53(3,4)52(54(51,5)6)70-43-18-17-39(26-56)40(24-43)27-57/h9-18,24,32-33,41-42,44,46,51-52H,7-8,19-23,25,28-31H2,1-6H3,(H,59,67)(H,60,65)(H,61,66)/t33-,42+,44-,46+,51?,52?/m0/s1. The maximum Gasteiger partial charge on any atom is 0.251 e. The summed E-state index contributed by atoms with van der Waals surface area (Å²) in [6.07, 6.45) is 0.0494. The number of carbonyl (C=O) groups is 4. The fourth-order valence-electron chi connectivity index (χ4n) is 11.0. The Morgan fingerprint density at radius 1 is 0.915 bits per heavy atom. The Morgan fingerprint density at radius 3 is 2.21 bits per heavy atom. The molecule has 1 aliphatic carbocycles.